The Morgan fingerprint density at radius 1 is 1.30 bits per heavy atom. The molecule has 2 aromatic rings. The van der Waals surface area contributed by atoms with E-state index in [1.807, 2.05) is 24.4 Å². The summed E-state index contributed by atoms with van der Waals surface area (Å²) in [7, 11) is 0. The fourth-order valence-corrected chi connectivity index (χ4v) is 3.26. The summed E-state index contributed by atoms with van der Waals surface area (Å²) in [6.07, 6.45) is 2.09. The van der Waals surface area contributed by atoms with Crippen molar-refractivity contribution < 1.29 is 4.74 Å². The van der Waals surface area contributed by atoms with Crippen LogP contribution >= 0.6 is 11.6 Å². The number of morpholine rings is 1. The van der Waals surface area contributed by atoms with Crippen LogP contribution in [0.25, 0.3) is 5.82 Å². The van der Waals surface area contributed by atoms with Gasteiger partial charge in [-0.15, -0.1) is 0 Å². The number of hydrogen-bond acceptors (Lipinski definition) is 5. The number of nitrogens with zero attached hydrogens (tertiary/aromatic N) is 3. The summed E-state index contributed by atoms with van der Waals surface area (Å²) in [5, 5.41) is 7.60. The highest BCUT2D eigenvalue weighted by atomic mass is 35.5. The van der Waals surface area contributed by atoms with Crippen LogP contribution in [0.2, 0.25) is 5.15 Å². The quantitative estimate of drug-likeness (QED) is 0.837. The minimum Gasteiger partial charge on any atom is -0.379 e. The Labute approximate surface area is 140 Å². The number of rotatable bonds is 4. The highest BCUT2D eigenvalue weighted by molar-refractivity contribution is 6.29. The Morgan fingerprint density at radius 3 is 3.04 bits per heavy atom. The van der Waals surface area contributed by atoms with Crippen LogP contribution in [0.4, 0.5) is 5.69 Å². The molecule has 122 valence electrons. The lowest BCUT2D eigenvalue weighted by molar-refractivity contribution is 0.0382. The van der Waals surface area contributed by atoms with Crippen LogP contribution in [0.3, 0.4) is 0 Å². The standard InChI is InChI=1S/C16H20ClN5O/c17-14-4-3-12-16(20-14)22-6-1-2-13(22)15(19-12)18-5-7-21-8-10-23-11-9-21/h1-4,6,15,18-19H,5,7-11H2. The lowest BCUT2D eigenvalue weighted by Crippen LogP contribution is -2.42. The fourth-order valence-electron chi connectivity index (χ4n) is 3.12. The summed E-state index contributed by atoms with van der Waals surface area (Å²) in [6.45, 7) is 5.64. The summed E-state index contributed by atoms with van der Waals surface area (Å²) < 4.78 is 7.47. The minimum absolute atomic E-state index is 0.0708. The Morgan fingerprint density at radius 2 is 2.17 bits per heavy atom. The van der Waals surface area contributed by atoms with Gasteiger partial charge in [0.1, 0.15) is 11.3 Å². The number of aromatic nitrogens is 2. The maximum absolute atomic E-state index is 6.03. The number of nitrogens with one attached hydrogen (secondary N) is 2. The van der Waals surface area contributed by atoms with Gasteiger partial charge in [-0.1, -0.05) is 11.6 Å². The van der Waals surface area contributed by atoms with Gasteiger partial charge in [0.25, 0.3) is 0 Å². The molecule has 23 heavy (non-hydrogen) atoms. The average molecular weight is 334 g/mol. The Hall–Kier alpha value is -1.60. The van der Waals surface area contributed by atoms with Crippen LogP contribution in [-0.2, 0) is 4.74 Å². The minimum atomic E-state index is 0.0708. The molecule has 6 nitrogen and oxygen atoms in total. The molecule has 2 aromatic heterocycles. The predicted octanol–water partition coefficient (Wildman–Crippen LogP) is 1.87. The van der Waals surface area contributed by atoms with Gasteiger partial charge in [-0.3, -0.25) is 10.2 Å². The fraction of sp³-hybridized carbons (Fsp3) is 0.438. The Kier molecular flexibility index (Phi) is 4.22. The normalized spacial score (nSPS) is 20.7. The molecule has 4 rings (SSSR count). The number of ether oxygens (including phenoxy) is 1. The van der Waals surface area contributed by atoms with E-state index in [0.29, 0.717) is 5.15 Å². The van der Waals surface area contributed by atoms with Crippen molar-refractivity contribution in [3.8, 4) is 5.82 Å². The number of fused-ring (bicyclic) bond motifs is 3. The molecule has 0 radical (unpaired) electrons. The summed E-state index contributed by atoms with van der Waals surface area (Å²) in [4.78, 5) is 6.86. The van der Waals surface area contributed by atoms with Crippen LogP contribution in [0.15, 0.2) is 30.5 Å². The van der Waals surface area contributed by atoms with Gasteiger partial charge in [0.2, 0.25) is 0 Å². The molecule has 2 N–H and O–H groups in total. The Balaban J connectivity index is 1.45. The second-order valence-electron chi connectivity index (χ2n) is 5.79. The highest BCUT2D eigenvalue weighted by Crippen LogP contribution is 2.31. The van der Waals surface area contributed by atoms with Crippen LogP contribution in [0.5, 0.6) is 0 Å². The molecule has 0 bridgehead atoms. The van der Waals surface area contributed by atoms with Crippen molar-refractivity contribution in [1.29, 1.82) is 0 Å². The summed E-state index contributed by atoms with van der Waals surface area (Å²) in [6, 6.07) is 7.92. The average Bonchev–Trinajstić information content (AvgIpc) is 3.06. The third-order valence-electron chi connectivity index (χ3n) is 4.33. The molecule has 1 saturated heterocycles. The second-order valence-corrected chi connectivity index (χ2v) is 6.18. The number of pyridine rings is 1. The zero-order chi connectivity index (χ0) is 15.6. The van der Waals surface area contributed by atoms with E-state index in [2.05, 4.69) is 31.2 Å². The zero-order valence-electron chi connectivity index (χ0n) is 12.8. The monoisotopic (exact) mass is 333 g/mol. The van der Waals surface area contributed by atoms with Crippen LogP contribution in [-0.4, -0.2) is 53.8 Å². The van der Waals surface area contributed by atoms with Gasteiger partial charge in [-0.25, -0.2) is 4.98 Å². The van der Waals surface area contributed by atoms with Crippen molar-refractivity contribution in [3.63, 3.8) is 0 Å². The van der Waals surface area contributed by atoms with Crippen molar-refractivity contribution in [2.75, 3.05) is 44.7 Å². The maximum atomic E-state index is 6.03. The molecule has 1 atom stereocenters. The lowest BCUT2D eigenvalue weighted by atomic mass is 10.2. The maximum Gasteiger partial charge on any atom is 0.162 e. The first kappa shape index (κ1) is 15.0. The molecule has 0 spiro atoms. The van der Waals surface area contributed by atoms with Crippen molar-refractivity contribution in [2.24, 2.45) is 0 Å². The number of halogens is 1. The molecule has 1 unspecified atom stereocenters. The molecule has 4 heterocycles. The van der Waals surface area contributed by atoms with E-state index in [0.717, 1.165) is 56.6 Å². The molecule has 0 aliphatic carbocycles. The van der Waals surface area contributed by atoms with Gasteiger partial charge < -0.3 is 14.6 Å². The first-order valence-electron chi connectivity index (χ1n) is 7.95. The van der Waals surface area contributed by atoms with Gasteiger partial charge in [0, 0.05) is 32.4 Å². The largest absolute Gasteiger partial charge is 0.379 e. The van der Waals surface area contributed by atoms with Crippen molar-refractivity contribution in [1.82, 2.24) is 19.8 Å². The van der Waals surface area contributed by atoms with E-state index >= 15 is 0 Å². The molecule has 0 aromatic carbocycles. The van der Waals surface area contributed by atoms with Gasteiger partial charge >= 0.3 is 0 Å². The molecular formula is C16H20ClN5O. The molecule has 0 saturated carbocycles. The van der Waals surface area contributed by atoms with E-state index in [4.69, 9.17) is 16.3 Å². The first-order valence-corrected chi connectivity index (χ1v) is 8.33. The van der Waals surface area contributed by atoms with Crippen LogP contribution < -0.4 is 10.6 Å². The van der Waals surface area contributed by atoms with Crippen molar-refractivity contribution in [3.05, 3.63) is 41.3 Å². The smallest absolute Gasteiger partial charge is 0.162 e. The third kappa shape index (κ3) is 3.07. The molecule has 0 amide bonds. The second kappa shape index (κ2) is 6.49. The van der Waals surface area contributed by atoms with E-state index in [1.54, 1.807) is 0 Å². The highest BCUT2D eigenvalue weighted by Gasteiger charge is 2.24. The topological polar surface area (TPSA) is 54.4 Å². The van der Waals surface area contributed by atoms with E-state index in [1.165, 1.54) is 0 Å². The van der Waals surface area contributed by atoms with Crippen LogP contribution in [0, 0.1) is 0 Å². The molecule has 2 aliphatic heterocycles. The van der Waals surface area contributed by atoms with Gasteiger partial charge in [-0.05, 0) is 24.3 Å². The molecular weight excluding hydrogens is 314 g/mol. The molecule has 7 heteroatoms. The number of anilines is 1. The summed E-state index contributed by atoms with van der Waals surface area (Å²) in [5.41, 5.74) is 2.14. The molecule has 1 fully saturated rings. The third-order valence-corrected chi connectivity index (χ3v) is 4.54. The van der Waals surface area contributed by atoms with Gasteiger partial charge in [0.15, 0.2) is 5.82 Å². The predicted molar refractivity (Wildman–Crippen MR) is 90.2 cm³/mol. The summed E-state index contributed by atoms with van der Waals surface area (Å²) in [5.74, 6) is 0.851. The van der Waals surface area contributed by atoms with E-state index in [9.17, 15) is 0 Å². The van der Waals surface area contributed by atoms with Gasteiger partial charge in [0.05, 0.1) is 24.6 Å². The molecule has 2 aliphatic rings. The number of hydrogen-bond donors (Lipinski definition) is 2. The van der Waals surface area contributed by atoms with Crippen LogP contribution in [0.1, 0.15) is 11.9 Å². The van der Waals surface area contributed by atoms with Crippen molar-refractivity contribution in [2.45, 2.75) is 6.17 Å². The summed E-state index contributed by atoms with van der Waals surface area (Å²) >= 11 is 6.03. The first-order chi connectivity index (χ1) is 11.3. The zero-order valence-corrected chi connectivity index (χ0v) is 13.6. The Bertz CT molecular complexity index is 683. The van der Waals surface area contributed by atoms with E-state index < -0.39 is 0 Å². The lowest BCUT2D eigenvalue weighted by Gasteiger charge is -2.31. The van der Waals surface area contributed by atoms with Crippen molar-refractivity contribution >= 4 is 17.3 Å². The van der Waals surface area contributed by atoms with Gasteiger partial charge in [-0.2, -0.15) is 0 Å². The SMILES string of the molecule is Clc1ccc2c(n1)-n1cccc1C(NCCN1CCOCC1)N2. The van der Waals surface area contributed by atoms with E-state index in [-0.39, 0.29) is 6.17 Å².